The molecule has 1 aliphatic heterocycles. The Morgan fingerprint density at radius 3 is 2.23 bits per heavy atom. The molecule has 0 bridgehead atoms. The molecule has 2 nitrogen and oxygen atoms in total. The summed E-state index contributed by atoms with van der Waals surface area (Å²) in [6, 6.07) is 4.83. The Morgan fingerprint density at radius 1 is 1.09 bits per heavy atom. The first-order valence-electron chi connectivity index (χ1n) is 7.98. The lowest BCUT2D eigenvalue weighted by Crippen LogP contribution is -2.46. The molecule has 1 saturated heterocycles. The molecule has 124 valence electrons. The molecule has 1 aromatic rings. The van der Waals surface area contributed by atoms with E-state index in [1.54, 1.807) is 6.07 Å². The zero-order valence-electron chi connectivity index (χ0n) is 13.6. The van der Waals surface area contributed by atoms with Gasteiger partial charge in [0.15, 0.2) is 0 Å². The maximum atomic E-state index is 13.4. The number of hydrogen-bond acceptors (Lipinski definition) is 2. The van der Waals surface area contributed by atoms with Crippen molar-refractivity contribution in [3.63, 3.8) is 0 Å². The number of hydrogen-bond donors (Lipinski definition) is 0. The third kappa shape index (κ3) is 4.15. The van der Waals surface area contributed by atoms with Crippen molar-refractivity contribution in [3.8, 4) is 0 Å². The van der Waals surface area contributed by atoms with E-state index in [1.165, 1.54) is 6.07 Å². The van der Waals surface area contributed by atoms with Crippen LogP contribution in [0.25, 0.3) is 0 Å². The lowest BCUT2D eigenvalue weighted by Gasteiger charge is -2.36. The van der Waals surface area contributed by atoms with Crippen LogP contribution in [0.4, 0.5) is 18.9 Å². The van der Waals surface area contributed by atoms with Crippen molar-refractivity contribution in [2.24, 2.45) is 5.92 Å². The van der Waals surface area contributed by atoms with Gasteiger partial charge in [-0.1, -0.05) is 26.8 Å². The van der Waals surface area contributed by atoms with Crippen LogP contribution >= 0.6 is 0 Å². The molecule has 0 aliphatic carbocycles. The van der Waals surface area contributed by atoms with Crippen LogP contribution in [0.2, 0.25) is 0 Å². The Morgan fingerprint density at radius 2 is 1.73 bits per heavy atom. The molecule has 1 aromatic carbocycles. The van der Waals surface area contributed by atoms with E-state index < -0.39 is 11.7 Å². The number of alkyl halides is 3. The molecule has 1 aliphatic rings. The maximum absolute atomic E-state index is 13.4. The van der Waals surface area contributed by atoms with E-state index in [0.29, 0.717) is 31.1 Å². The molecule has 0 aromatic heterocycles. The van der Waals surface area contributed by atoms with Crippen molar-refractivity contribution in [1.82, 2.24) is 4.90 Å². The van der Waals surface area contributed by atoms with Gasteiger partial charge < -0.3 is 9.80 Å². The average molecular weight is 314 g/mol. The lowest BCUT2D eigenvalue weighted by atomic mass is 9.99. The first-order valence-corrected chi connectivity index (χ1v) is 7.98. The molecular formula is C17H25F3N2. The van der Waals surface area contributed by atoms with E-state index >= 15 is 0 Å². The monoisotopic (exact) mass is 314 g/mol. The van der Waals surface area contributed by atoms with Gasteiger partial charge in [-0.2, -0.15) is 13.2 Å². The van der Waals surface area contributed by atoms with E-state index in [0.717, 1.165) is 25.2 Å². The number of likely N-dealkylation sites (N-methyl/N-ethyl adjacent to an activating group) is 1. The molecule has 22 heavy (non-hydrogen) atoms. The maximum Gasteiger partial charge on any atom is 0.418 e. The first kappa shape index (κ1) is 17.1. The summed E-state index contributed by atoms with van der Waals surface area (Å²) in [6.45, 7) is 10.0. The molecule has 0 amide bonds. The van der Waals surface area contributed by atoms with E-state index in [-0.39, 0.29) is 0 Å². The van der Waals surface area contributed by atoms with E-state index in [9.17, 15) is 13.2 Å². The standard InChI is InChI=1S/C17H25F3N2/c1-4-21-7-9-22(10-8-21)16-6-5-14(11-13(2)3)12-15(16)17(18,19)20/h5-6,12-13H,4,7-11H2,1-3H3. The van der Waals surface area contributed by atoms with Gasteiger partial charge in [-0.25, -0.2) is 0 Å². The zero-order chi connectivity index (χ0) is 16.3. The van der Waals surface area contributed by atoms with Gasteiger partial charge in [0.05, 0.1) is 5.56 Å². The number of rotatable bonds is 4. The fourth-order valence-electron chi connectivity index (χ4n) is 2.99. The predicted octanol–water partition coefficient (Wildman–Crippen LogP) is 4.05. The molecule has 0 spiro atoms. The molecule has 0 N–H and O–H groups in total. The zero-order valence-corrected chi connectivity index (χ0v) is 13.6. The van der Waals surface area contributed by atoms with Crippen LogP contribution < -0.4 is 4.90 Å². The molecule has 0 unspecified atom stereocenters. The highest BCUT2D eigenvalue weighted by molar-refractivity contribution is 5.57. The Kier molecular flexibility index (Phi) is 5.37. The van der Waals surface area contributed by atoms with Gasteiger partial charge in [-0.3, -0.25) is 0 Å². The van der Waals surface area contributed by atoms with Crippen LogP contribution in [0.1, 0.15) is 31.9 Å². The van der Waals surface area contributed by atoms with Gasteiger partial charge in [0.25, 0.3) is 0 Å². The van der Waals surface area contributed by atoms with Crippen molar-refractivity contribution >= 4 is 5.69 Å². The minimum atomic E-state index is -4.30. The third-order valence-corrected chi connectivity index (χ3v) is 4.17. The van der Waals surface area contributed by atoms with Crippen LogP contribution in [0.5, 0.6) is 0 Å². The topological polar surface area (TPSA) is 6.48 Å². The molecule has 0 radical (unpaired) electrons. The Hall–Kier alpha value is -1.23. The van der Waals surface area contributed by atoms with Crippen molar-refractivity contribution in [3.05, 3.63) is 29.3 Å². The summed E-state index contributed by atoms with van der Waals surface area (Å²) < 4.78 is 40.3. The Balaban J connectivity index is 2.27. The minimum Gasteiger partial charge on any atom is -0.368 e. The lowest BCUT2D eigenvalue weighted by molar-refractivity contribution is -0.137. The third-order valence-electron chi connectivity index (χ3n) is 4.17. The van der Waals surface area contributed by atoms with E-state index in [1.807, 2.05) is 24.8 Å². The molecule has 1 heterocycles. The van der Waals surface area contributed by atoms with Gasteiger partial charge >= 0.3 is 6.18 Å². The number of nitrogens with zero attached hydrogens (tertiary/aromatic N) is 2. The average Bonchev–Trinajstić information content (AvgIpc) is 2.46. The van der Waals surface area contributed by atoms with Gasteiger partial charge in [-0.05, 0) is 36.6 Å². The number of benzene rings is 1. The van der Waals surface area contributed by atoms with Crippen molar-refractivity contribution < 1.29 is 13.2 Å². The quantitative estimate of drug-likeness (QED) is 0.827. The second-order valence-corrected chi connectivity index (χ2v) is 6.37. The highest BCUT2D eigenvalue weighted by atomic mass is 19.4. The molecule has 0 atom stereocenters. The minimum absolute atomic E-state index is 0.329. The highest BCUT2D eigenvalue weighted by Gasteiger charge is 2.35. The summed E-state index contributed by atoms with van der Waals surface area (Å²) >= 11 is 0. The van der Waals surface area contributed by atoms with Gasteiger partial charge in [0.1, 0.15) is 0 Å². The van der Waals surface area contributed by atoms with Crippen molar-refractivity contribution in [2.45, 2.75) is 33.4 Å². The van der Waals surface area contributed by atoms with Crippen LogP contribution in [0.15, 0.2) is 18.2 Å². The second-order valence-electron chi connectivity index (χ2n) is 6.37. The van der Waals surface area contributed by atoms with E-state index in [2.05, 4.69) is 11.8 Å². The fourth-order valence-corrected chi connectivity index (χ4v) is 2.99. The van der Waals surface area contributed by atoms with Gasteiger partial charge in [0.2, 0.25) is 0 Å². The normalized spacial score (nSPS) is 17.3. The summed E-state index contributed by atoms with van der Waals surface area (Å²) in [5.41, 5.74) is 0.602. The molecular weight excluding hydrogens is 289 g/mol. The Labute approximate surface area is 130 Å². The smallest absolute Gasteiger partial charge is 0.368 e. The SMILES string of the molecule is CCN1CCN(c2ccc(CC(C)C)cc2C(F)(F)F)CC1. The molecule has 2 rings (SSSR count). The summed E-state index contributed by atoms with van der Waals surface area (Å²) in [5, 5.41) is 0. The van der Waals surface area contributed by atoms with Crippen molar-refractivity contribution in [2.75, 3.05) is 37.6 Å². The Bertz CT molecular complexity index is 489. The van der Waals surface area contributed by atoms with E-state index in [4.69, 9.17) is 0 Å². The largest absolute Gasteiger partial charge is 0.418 e. The predicted molar refractivity (Wildman–Crippen MR) is 84.3 cm³/mol. The van der Waals surface area contributed by atoms with Crippen LogP contribution in [0, 0.1) is 5.92 Å². The molecule has 5 heteroatoms. The fraction of sp³-hybridized carbons (Fsp3) is 0.647. The number of anilines is 1. The summed E-state index contributed by atoms with van der Waals surface area (Å²) in [7, 11) is 0. The molecule has 0 saturated carbocycles. The highest BCUT2D eigenvalue weighted by Crippen LogP contribution is 2.38. The second kappa shape index (κ2) is 6.90. The van der Waals surface area contributed by atoms with Crippen molar-refractivity contribution in [1.29, 1.82) is 0 Å². The summed E-state index contributed by atoms with van der Waals surface area (Å²) in [5.74, 6) is 0.347. The van der Waals surface area contributed by atoms with Gasteiger partial charge in [0, 0.05) is 31.9 Å². The van der Waals surface area contributed by atoms with Crippen LogP contribution in [-0.2, 0) is 12.6 Å². The van der Waals surface area contributed by atoms with Gasteiger partial charge in [-0.15, -0.1) is 0 Å². The first-order chi connectivity index (χ1) is 10.3. The summed E-state index contributed by atoms with van der Waals surface area (Å²) in [4.78, 5) is 4.13. The van der Waals surface area contributed by atoms with Crippen LogP contribution in [0.3, 0.4) is 0 Å². The summed E-state index contributed by atoms with van der Waals surface area (Å²) in [6.07, 6.45) is -3.63. The molecule has 1 fully saturated rings. The number of piperazine rings is 1. The van der Waals surface area contributed by atoms with Crippen LogP contribution in [-0.4, -0.2) is 37.6 Å². The number of halogens is 3.